The van der Waals surface area contributed by atoms with Gasteiger partial charge in [-0.2, -0.15) is 0 Å². The number of rotatable bonds is 3. The number of hydrogen-bond donors (Lipinski definition) is 0. The molecule has 17 heavy (non-hydrogen) atoms. The van der Waals surface area contributed by atoms with Gasteiger partial charge >= 0.3 is 5.69 Å². The second kappa shape index (κ2) is 5.34. The molecule has 0 aliphatic heterocycles. The van der Waals surface area contributed by atoms with Crippen LogP contribution in [0.2, 0.25) is 0 Å². The lowest BCUT2D eigenvalue weighted by atomic mass is 9.87. The van der Waals surface area contributed by atoms with Crippen molar-refractivity contribution in [1.82, 2.24) is 9.13 Å². The van der Waals surface area contributed by atoms with E-state index >= 15 is 0 Å². The van der Waals surface area contributed by atoms with Crippen LogP contribution in [0, 0.1) is 5.92 Å². The largest absolute Gasteiger partial charge is 0.330 e. The van der Waals surface area contributed by atoms with Crippen molar-refractivity contribution in [1.29, 1.82) is 0 Å². The zero-order chi connectivity index (χ0) is 12.3. The van der Waals surface area contributed by atoms with Crippen molar-refractivity contribution in [3.63, 3.8) is 0 Å². The second-order valence-corrected chi connectivity index (χ2v) is 4.99. The summed E-state index contributed by atoms with van der Waals surface area (Å²) >= 11 is 0. The van der Waals surface area contributed by atoms with E-state index in [0.717, 1.165) is 6.42 Å². The lowest BCUT2D eigenvalue weighted by Gasteiger charge is -2.21. The third kappa shape index (κ3) is 2.87. The standard InChI is InChI=1S/C13H20N2O2/c1-14-9-8-12(16)15(13(14)17)10-7-11-5-3-2-4-6-11/h8-9,11H,2-7,10H2,1H3. The van der Waals surface area contributed by atoms with Crippen molar-refractivity contribution < 1.29 is 0 Å². The van der Waals surface area contributed by atoms with Crippen molar-refractivity contribution in [3.05, 3.63) is 33.1 Å². The van der Waals surface area contributed by atoms with Crippen LogP contribution in [0.5, 0.6) is 0 Å². The van der Waals surface area contributed by atoms with Crippen molar-refractivity contribution >= 4 is 0 Å². The molecule has 0 amide bonds. The highest BCUT2D eigenvalue weighted by molar-refractivity contribution is 4.85. The minimum absolute atomic E-state index is 0.177. The molecule has 4 nitrogen and oxygen atoms in total. The first-order valence-corrected chi connectivity index (χ1v) is 6.45. The fourth-order valence-corrected chi connectivity index (χ4v) is 2.61. The zero-order valence-corrected chi connectivity index (χ0v) is 10.4. The van der Waals surface area contributed by atoms with Crippen LogP contribution in [0.25, 0.3) is 0 Å². The average molecular weight is 236 g/mol. The molecular formula is C13H20N2O2. The van der Waals surface area contributed by atoms with Gasteiger partial charge in [-0.3, -0.25) is 9.36 Å². The van der Waals surface area contributed by atoms with E-state index in [9.17, 15) is 9.59 Å². The number of hydrogen-bond acceptors (Lipinski definition) is 2. The van der Waals surface area contributed by atoms with Gasteiger partial charge in [0.1, 0.15) is 0 Å². The number of nitrogens with zero attached hydrogens (tertiary/aromatic N) is 2. The molecule has 0 spiro atoms. The maximum atomic E-state index is 11.8. The van der Waals surface area contributed by atoms with E-state index in [2.05, 4.69) is 0 Å². The summed E-state index contributed by atoms with van der Waals surface area (Å²) in [6, 6.07) is 1.46. The predicted octanol–water partition coefficient (Wildman–Crippen LogP) is 1.52. The van der Waals surface area contributed by atoms with Gasteiger partial charge in [0.05, 0.1) is 0 Å². The molecular weight excluding hydrogens is 216 g/mol. The summed E-state index contributed by atoms with van der Waals surface area (Å²) in [7, 11) is 1.68. The molecule has 1 aromatic rings. The Kier molecular flexibility index (Phi) is 3.82. The highest BCUT2D eigenvalue weighted by atomic mass is 16.2. The summed E-state index contributed by atoms with van der Waals surface area (Å²) in [5.74, 6) is 0.695. The predicted molar refractivity (Wildman–Crippen MR) is 67.1 cm³/mol. The molecule has 94 valence electrons. The van der Waals surface area contributed by atoms with E-state index in [1.54, 1.807) is 7.05 Å². The smallest absolute Gasteiger partial charge is 0.303 e. The van der Waals surface area contributed by atoms with E-state index in [1.807, 2.05) is 0 Å². The van der Waals surface area contributed by atoms with Crippen LogP contribution < -0.4 is 11.2 Å². The summed E-state index contributed by atoms with van der Waals surface area (Å²) in [5, 5.41) is 0. The van der Waals surface area contributed by atoms with E-state index in [1.165, 1.54) is 53.5 Å². The maximum Gasteiger partial charge on any atom is 0.330 e. The van der Waals surface area contributed by atoms with Crippen LogP contribution in [0.15, 0.2) is 21.9 Å². The molecule has 0 bridgehead atoms. The Hall–Kier alpha value is -1.32. The first-order valence-electron chi connectivity index (χ1n) is 6.45. The molecule has 1 fully saturated rings. The zero-order valence-electron chi connectivity index (χ0n) is 10.4. The third-order valence-electron chi connectivity index (χ3n) is 3.73. The lowest BCUT2D eigenvalue weighted by molar-refractivity contribution is 0.319. The fraction of sp³-hybridized carbons (Fsp3) is 0.692. The summed E-state index contributed by atoms with van der Waals surface area (Å²) in [6.45, 7) is 0.566. The van der Waals surface area contributed by atoms with Crippen molar-refractivity contribution in [3.8, 4) is 0 Å². The van der Waals surface area contributed by atoms with Crippen LogP contribution in [0.4, 0.5) is 0 Å². The molecule has 1 aliphatic rings. The fourth-order valence-electron chi connectivity index (χ4n) is 2.61. The molecule has 0 aromatic carbocycles. The summed E-state index contributed by atoms with van der Waals surface area (Å²) < 4.78 is 2.82. The topological polar surface area (TPSA) is 44.0 Å². The van der Waals surface area contributed by atoms with Crippen molar-refractivity contribution in [2.45, 2.75) is 45.1 Å². The summed E-state index contributed by atoms with van der Waals surface area (Å²) in [6.07, 6.45) is 8.92. The maximum absolute atomic E-state index is 11.8. The van der Waals surface area contributed by atoms with Gasteiger partial charge in [-0.05, 0) is 12.3 Å². The Bertz CT molecular complexity index is 481. The molecule has 0 radical (unpaired) electrons. The molecule has 1 heterocycles. The monoisotopic (exact) mass is 236 g/mol. The van der Waals surface area contributed by atoms with Crippen LogP contribution >= 0.6 is 0 Å². The molecule has 0 N–H and O–H groups in total. The Morgan fingerprint density at radius 1 is 1.24 bits per heavy atom. The van der Waals surface area contributed by atoms with E-state index in [4.69, 9.17) is 0 Å². The van der Waals surface area contributed by atoms with Crippen molar-refractivity contribution in [2.75, 3.05) is 0 Å². The lowest BCUT2D eigenvalue weighted by Crippen LogP contribution is -2.38. The minimum atomic E-state index is -0.201. The molecule has 1 aromatic heterocycles. The van der Waals surface area contributed by atoms with Gasteiger partial charge in [0, 0.05) is 25.9 Å². The van der Waals surface area contributed by atoms with Gasteiger partial charge in [-0.15, -0.1) is 0 Å². The van der Waals surface area contributed by atoms with E-state index in [0.29, 0.717) is 12.5 Å². The third-order valence-corrected chi connectivity index (χ3v) is 3.73. The molecule has 0 unspecified atom stereocenters. The molecule has 2 rings (SSSR count). The normalized spacial score (nSPS) is 17.2. The number of aromatic nitrogens is 2. The Balaban J connectivity index is 2.06. The van der Waals surface area contributed by atoms with E-state index < -0.39 is 0 Å². The Morgan fingerprint density at radius 2 is 1.94 bits per heavy atom. The molecule has 4 heteroatoms. The summed E-state index contributed by atoms with van der Waals surface area (Å²) in [5.41, 5.74) is -0.378. The van der Waals surface area contributed by atoms with Gasteiger partial charge in [-0.1, -0.05) is 32.1 Å². The van der Waals surface area contributed by atoms with Crippen LogP contribution in [0.1, 0.15) is 38.5 Å². The van der Waals surface area contributed by atoms with E-state index in [-0.39, 0.29) is 11.2 Å². The van der Waals surface area contributed by atoms with Gasteiger partial charge in [-0.25, -0.2) is 4.79 Å². The average Bonchev–Trinajstić information content (AvgIpc) is 2.35. The molecule has 1 saturated carbocycles. The highest BCUT2D eigenvalue weighted by Crippen LogP contribution is 2.26. The quantitative estimate of drug-likeness (QED) is 0.798. The van der Waals surface area contributed by atoms with Crippen LogP contribution in [-0.4, -0.2) is 9.13 Å². The first kappa shape index (κ1) is 12.1. The van der Waals surface area contributed by atoms with Gasteiger partial charge in [0.15, 0.2) is 0 Å². The molecule has 0 saturated heterocycles. The van der Waals surface area contributed by atoms with Gasteiger partial charge in [0.2, 0.25) is 0 Å². The highest BCUT2D eigenvalue weighted by Gasteiger charge is 2.14. The second-order valence-electron chi connectivity index (χ2n) is 4.99. The summed E-state index contributed by atoms with van der Waals surface area (Å²) in [4.78, 5) is 23.4. The SMILES string of the molecule is Cn1ccc(=O)n(CCC2CCCCC2)c1=O. The first-order chi connectivity index (χ1) is 8.18. The molecule has 0 atom stereocenters. The Morgan fingerprint density at radius 3 is 2.65 bits per heavy atom. The Labute approximate surface area is 101 Å². The number of aryl methyl sites for hydroxylation is 1. The van der Waals surface area contributed by atoms with Gasteiger partial charge in [0.25, 0.3) is 5.56 Å². The minimum Gasteiger partial charge on any atom is -0.303 e. The van der Waals surface area contributed by atoms with Crippen LogP contribution in [0.3, 0.4) is 0 Å². The van der Waals surface area contributed by atoms with Gasteiger partial charge < -0.3 is 4.57 Å². The van der Waals surface area contributed by atoms with Crippen LogP contribution in [-0.2, 0) is 13.6 Å². The van der Waals surface area contributed by atoms with Crippen molar-refractivity contribution in [2.24, 2.45) is 13.0 Å². The molecule has 1 aliphatic carbocycles.